The highest BCUT2D eigenvalue weighted by molar-refractivity contribution is 6.30. The van der Waals surface area contributed by atoms with Crippen molar-refractivity contribution >= 4 is 17.2 Å². The first-order valence-electron chi connectivity index (χ1n) is 6.80. The highest BCUT2D eigenvalue weighted by Gasteiger charge is 2.24. The van der Waals surface area contributed by atoms with Gasteiger partial charge >= 0.3 is 0 Å². The Kier molecular flexibility index (Phi) is 3.23. The van der Waals surface area contributed by atoms with Crippen molar-refractivity contribution in [3.63, 3.8) is 0 Å². The molecule has 2 aromatic heterocycles. The molecule has 0 aromatic carbocycles. The third kappa shape index (κ3) is 2.13. The summed E-state index contributed by atoms with van der Waals surface area (Å²) in [4.78, 5) is 6.95. The molecule has 5 heteroatoms. The maximum Gasteiger partial charge on any atom is 0.157 e. The molecule has 0 spiro atoms. The Bertz CT molecular complexity index is 619. The van der Waals surface area contributed by atoms with Gasteiger partial charge in [0.2, 0.25) is 0 Å². The van der Waals surface area contributed by atoms with E-state index in [2.05, 4.69) is 28.1 Å². The Morgan fingerprint density at radius 1 is 1.32 bits per heavy atom. The van der Waals surface area contributed by atoms with Crippen molar-refractivity contribution in [2.24, 2.45) is 0 Å². The minimum atomic E-state index is 0.395. The first kappa shape index (κ1) is 12.9. The van der Waals surface area contributed by atoms with E-state index in [0.717, 1.165) is 35.6 Å². The first-order chi connectivity index (χ1) is 9.08. The molecule has 0 radical (unpaired) electrons. The molecule has 1 fully saturated rings. The van der Waals surface area contributed by atoms with Crippen LogP contribution in [0.5, 0.6) is 0 Å². The van der Waals surface area contributed by atoms with Gasteiger partial charge in [0.05, 0.1) is 11.7 Å². The summed E-state index contributed by atoms with van der Waals surface area (Å²) in [5, 5.41) is 5.34. The zero-order chi connectivity index (χ0) is 13.6. The van der Waals surface area contributed by atoms with Gasteiger partial charge in [-0.3, -0.25) is 4.90 Å². The molecule has 0 amide bonds. The van der Waals surface area contributed by atoms with Crippen molar-refractivity contribution in [3.8, 4) is 0 Å². The summed E-state index contributed by atoms with van der Waals surface area (Å²) < 4.78 is 1.77. The van der Waals surface area contributed by atoms with Gasteiger partial charge < -0.3 is 0 Å². The fraction of sp³-hybridized carbons (Fsp3) is 0.571. The fourth-order valence-corrected chi connectivity index (χ4v) is 3.05. The maximum absolute atomic E-state index is 6.37. The third-order valence-corrected chi connectivity index (χ3v) is 4.59. The standard InChI is InChI=1S/C14H19ClN4/c1-9-10(2)16-13-8-11(17-19(13)14(9)15)12-6-4-5-7-18(12)3/h8,12H,4-7H2,1-3H3/t12-/m0/s1. The summed E-state index contributed by atoms with van der Waals surface area (Å²) in [5.74, 6) is 0. The van der Waals surface area contributed by atoms with Crippen molar-refractivity contribution < 1.29 is 0 Å². The molecule has 0 saturated carbocycles. The van der Waals surface area contributed by atoms with Gasteiger partial charge in [0.15, 0.2) is 5.65 Å². The smallest absolute Gasteiger partial charge is 0.157 e. The van der Waals surface area contributed by atoms with Gasteiger partial charge in [-0.05, 0) is 40.3 Å². The molecule has 19 heavy (non-hydrogen) atoms. The number of halogens is 1. The van der Waals surface area contributed by atoms with Crippen LogP contribution in [0.25, 0.3) is 5.65 Å². The fourth-order valence-electron chi connectivity index (χ4n) is 2.79. The molecule has 1 aliphatic heterocycles. The molecule has 0 bridgehead atoms. The molecule has 1 saturated heterocycles. The molecule has 1 aliphatic rings. The molecular weight excluding hydrogens is 260 g/mol. The summed E-state index contributed by atoms with van der Waals surface area (Å²) >= 11 is 6.37. The second kappa shape index (κ2) is 4.76. The van der Waals surface area contributed by atoms with Crippen molar-refractivity contribution in [2.45, 2.75) is 39.2 Å². The molecule has 1 atom stereocenters. The minimum absolute atomic E-state index is 0.395. The number of hydrogen-bond donors (Lipinski definition) is 0. The summed E-state index contributed by atoms with van der Waals surface area (Å²) in [6.07, 6.45) is 3.70. The number of hydrogen-bond acceptors (Lipinski definition) is 3. The molecular formula is C14H19ClN4. The van der Waals surface area contributed by atoms with E-state index in [4.69, 9.17) is 11.6 Å². The van der Waals surface area contributed by atoms with Crippen LogP contribution in [-0.4, -0.2) is 33.1 Å². The Morgan fingerprint density at radius 3 is 2.84 bits per heavy atom. The number of fused-ring (bicyclic) bond motifs is 1. The van der Waals surface area contributed by atoms with E-state index in [1.165, 1.54) is 12.8 Å². The van der Waals surface area contributed by atoms with E-state index in [1.807, 2.05) is 13.8 Å². The predicted molar refractivity (Wildman–Crippen MR) is 76.7 cm³/mol. The highest BCUT2D eigenvalue weighted by Crippen LogP contribution is 2.30. The lowest BCUT2D eigenvalue weighted by atomic mass is 10.0. The Morgan fingerprint density at radius 2 is 2.11 bits per heavy atom. The number of aryl methyl sites for hydroxylation is 1. The van der Waals surface area contributed by atoms with E-state index in [1.54, 1.807) is 4.52 Å². The average Bonchev–Trinajstić information content (AvgIpc) is 2.80. The first-order valence-corrected chi connectivity index (χ1v) is 7.18. The average molecular weight is 279 g/mol. The quantitative estimate of drug-likeness (QED) is 0.752. The zero-order valence-electron chi connectivity index (χ0n) is 11.6. The molecule has 3 heterocycles. The van der Waals surface area contributed by atoms with Crippen LogP contribution in [0.15, 0.2) is 6.07 Å². The van der Waals surface area contributed by atoms with Crippen LogP contribution in [0.3, 0.4) is 0 Å². The van der Waals surface area contributed by atoms with E-state index in [0.29, 0.717) is 11.2 Å². The number of likely N-dealkylation sites (tertiary alicyclic amines) is 1. The van der Waals surface area contributed by atoms with Crippen LogP contribution in [0.2, 0.25) is 5.15 Å². The van der Waals surface area contributed by atoms with Crippen LogP contribution in [0.4, 0.5) is 0 Å². The molecule has 3 rings (SSSR count). The normalized spacial score (nSPS) is 21.2. The minimum Gasteiger partial charge on any atom is -0.298 e. The van der Waals surface area contributed by atoms with Crippen LogP contribution in [0, 0.1) is 13.8 Å². The molecule has 0 N–H and O–H groups in total. The zero-order valence-corrected chi connectivity index (χ0v) is 12.4. The summed E-state index contributed by atoms with van der Waals surface area (Å²) in [7, 11) is 2.17. The lowest BCUT2D eigenvalue weighted by Gasteiger charge is -2.30. The van der Waals surface area contributed by atoms with Crippen LogP contribution >= 0.6 is 11.6 Å². The van der Waals surface area contributed by atoms with Gasteiger partial charge in [-0.2, -0.15) is 5.10 Å². The van der Waals surface area contributed by atoms with Gasteiger partial charge in [0.25, 0.3) is 0 Å². The van der Waals surface area contributed by atoms with Crippen molar-refractivity contribution in [2.75, 3.05) is 13.6 Å². The number of piperidine rings is 1. The largest absolute Gasteiger partial charge is 0.298 e. The van der Waals surface area contributed by atoms with E-state index in [9.17, 15) is 0 Å². The molecule has 0 aliphatic carbocycles. The molecule has 2 aromatic rings. The maximum atomic E-state index is 6.37. The Balaban J connectivity index is 2.09. The molecule has 102 valence electrons. The highest BCUT2D eigenvalue weighted by atomic mass is 35.5. The van der Waals surface area contributed by atoms with Crippen LogP contribution in [-0.2, 0) is 0 Å². The van der Waals surface area contributed by atoms with E-state index >= 15 is 0 Å². The summed E-state index contributed by atoms with van der Waals surface area (Å²) in [5.41, 5.74) is 3.91. The van der Waals surface area contributed by atoms with Crippen LogP contribution in [0.1, 0.15) is 42.3 Å². The van der Waals surface area contributed by atoms with Gasteiger partial charge in [0, 0.05) is 17.3 Å². The van der Waals surface area contributed by atoms with Crippen molar-refractivity contribution in [1.29, 1.82) is 0 Å². The Hall–Kier alpha value is -1.13. The van der Waals surface area contributed by atoms with E-state index in [-0.39, 0.29) is 0 Å². The molecule has 0 unspecified atom stereocenters. The van der Waals surface area contributed by atoms with Crippen LogP contribution < -0.4 is 0 Å². The predicted octanol–water partition coefficient (Wildman–Crippen LogP) is 3.16. The summed E-state index contributed by atoms with van der Waals surface area (Å²) in [6.45, 7) is 5.11. The molecule has 4 nitrogen and oxygen atoms in total. The lowest BCUT2D eigenvalue weighted by molar-refractivity contribution is 0.183. The number of aromatic nitrogens is 3. The lowest BCUT2D eigenvalue weighted by Crippen LogP contribution is -2.29. The second-order valence-electron chi connectivity index (χ2n) is 5.44. The van der Waals surface area contributed by atoms with Crippen molar-refractivity contribution in [1.82, 2.24) is 19.5 Å². The monoisotopic (exact) mass is 278 g/mol. The Labute approximate surface area is 118 Å². The van der Waals surface area contributed by atoms with Gasteiger partial charge in [-0.1, -0.05) is 18.0 Å². The third-order valence-electron chi connectivity index (χ3n) is 4.14. The SMILES string of the molecule is Cc1nc2cc([C@@H]3CCCCN3C)nn2c(Cl)c1C. The topological polar surface area (TPSA) is 33.4 Å². The number of nitrogens with zero attached hydrogens (tertiary/aromatic N) is 4. The van der Waals surface area contributed by atoms with Gasteiger partial charge in [-0.15, -0.1) is 0 Å². The van der Waals surface area contributed by atoms with Gasteiger partial charge in [0.1, 0.15) is 5.15 Å². The number of rotatable bonds is 1. The summed E-state index contributed by atoms with van der Waals surface area (Å²) in [6, 6.07) is 2.47. The van der Waals surface area contributed by atoms with Crippen molar-refractivity contribution in [3.05, 3.63) is 28.2 Å². The van der Waals surface area contributed by atoms with E-state index < -0.39 is 0 Å². The van der Waals surface area contributed by atoms with Gasteiger partial charge in [-0.25, -0.2) is 9.50 Å². The second-order valence-corrected chi connectivity index (χ2v) is 5.80.